The van der Waals surface area contributed by atoms with Gasteiger partial charge in [0, 0.05) is 12.6 Å². The van der Waals surface area contributed by atoms with Crippen LogP contribution < -0.4 is 11.1 Å². The molecule has 0 saturated heterocycles. The molecule has 1 aromatic heterocycles. The molecule has 1 amide bonds. The van der Waals surface area contributed by atoms with Gasteiger partial charge in [0.1, 0.15) is 4.88 Å². The Morgan fingerprint density at radius 2 is 2.53 bits per heavy atom. The number of aromatic nitrogens is 1. The minimum atomic E-state index is -0.0302. The lowest BCUT2D eigenvalue weighted by molar-refractivity contribution is 0.0937. The minimum Gasteiger partial charge on any atom is -0.347 e. The number of nitrogens with zero attached hydrogens (tertiary/aromatic N) is 1. The number of thiazole rings is 1. The number of hydrogen-bond acceptors (Lipinski definition) is 4. The molecule has 0 radical (unpaired) electrons. The molecule has 82 valence electrons. The van der Waals surface area contributed by atoms with E-state index in [1.807, 2.05) is 6.92 Å². The van der Waals surface area contributed by atoms with Gasteiger partial charge in [0.25, 0.3) is 5.91 Å². The third-order valence-corrected chi connectivity index (χ3v) is 3.64. The highest BCUT2D eigenvalue weighted by atomic mass is 32.1. The van der Waals surface area contributed by atoms with Gasteiger partial charge in [-0.2, -0.15) is 0 Å². The number of hydrogen-bond donors (Lipinski definition) is 2. The van der Waals surface area contributed by atoms with Gasteiger partial charge >= 0.3 is 0 Å². The van der Waals surface area contributed by atoms with Crippen molar-refractivity contribution in [1.82, 2.24) is 10.3 Å². The van der Waals surface area contributed by atoms with Gasteiger partial charge in [-0.3, -0.25) is 4.79 Å². The van der Waals surface area contributed by atoms with Crippen LogP contribution in [-0.4, -0.2) is 23.5 Å². The van der Waals surface area contributed by atoms with Gasteiger partial charge in [-0.15, -0.1) is 11.3 Å². The third kappa shape index (κ3) is 2.35. The Balaban J connectivity index is 1.99. The van der Waals surface area contributed by atoms with Crippen molar-refractivity contribution in [3.8, 4) is 0 Å². The molecule has 3 N–H and O–H groups in total. The normalized spacial score (nSPS) is 17.5. The molecular weight excluding hydrogens is 210 g/mol. The maximum absolute atomic E-state index is 11.8. The van der Waals surface area contributed by atoms with E-state index in [0.29, 0.717) is 17.3 Å². The van der Waals surface area contributed by atoms with E-state index in [1.54, 1.807) is 5.51 Å². The van der Waals surface area contributed by atoms with Crippen LogP contribution in [0.2, 0.25) is 0 Å². The number of nitrogens with two attached hydrogens (primary N) is 1. The average molecular weight is 225 g/mol. The molecule has 0 spiro atoms. The van der Waals surface area contributed by atoms with Crippen LogP contribution in [-0.2, 0) is 0 Å². The molecule has 1 heterocycles. The first kappa shape index (κ1) is 10.6. The lowest BCUT2D eigenvalue weighted by atomic mass is 10.2. The molecule has 1 aliphatic rings. The predicted octanol–water partition coefficient (Wildman–Crippen LogP) is 0.919. The van der Waals surface area contributed by atoms with Crippen molar-refractivity contribution >= 4 is 17.2 Å². The van der Waals surface area contributed by atoms with Gasteiger partial charge in [-0.05, 0) is 25.7 Å². The summed E-state index contributed by atoms with van der Waals surface area (Å²) >= 11 is 1.38. The Bertz CT molecular complexity index is 359. The summed E-state index contributed by atoms with van der Waals surface area (Å²) in [5.74, 6) is 0.560. The van der Waals surface area contributed by atoms with E-state index in [2.05, 4.69) is 10.3 Å². The van der Waals surface area contributed by atoms with Crippen LogP contribution >= 0.6 is 11.3 Å². The fourth-order valence-electron chi connectivity index (χ4n) is 1.62. The van der Waals surface area contributed by atoms with Crippen molar-refractivity contribution in [3.63, 3.8) is 0 Å². The Morgan fingerprint density at radius 1 is 1.80 bits per heavy atom. The summed E-state index contributed by atoms with van der Waals surface area (Å²) < 4.78 is 0. The molecule has 1 saturated carbocycles. The molecule has 1 fully saturated rings. The molecule has 15 heavy (non-hydrogen) atoms. The first-order chi connectivity index (χ1) is 7.22. The van der Waals surface area contributed by atoms with Crippen molar-refractivity contribution in [3.05, 3.63) is 16.1 Å². The molecule has 1 aromatic rings. The van der Waals surface area contributed by atoms with E-state index >= 15 is 0 Å². The second-order valence-electron chi connectivity index (χ2n) is 3.92. The zero-order valence-corrected chi connectivity index (χ0v) is 9.51. The highest BCUT2D eigenvalue weighted by Crippen LogP contribution is 2.32. The zero-order valence-electron chi connectivity index (χ0n) is 8.69. The van der Waals surface area contributed by atoms with E-state index in [-0.39, 0.29) is 11.9 Å². The number of nitrogens with one attached hydrogen (secondary N) is 1. The summed E-state index contributed by atoms with van der Waals surface area (Å²) in [4.78, 5) is 16.6. The third-order valence-electron chi connectivity index (χ3n) is 2.71. The van der Waals surface area contributed by atoms with Crippen molar-refractivity contribution in [2.45, 2.75) is 25.8 Å². The summed E-state index contributed by atoms with van der Waals surface area (Å²) in [5, 5.41) is 2.98. The summed E-state index contributed by atoms with van der Waals surface area (Å²) in [6, 6.07) is 0.138. The predicted molar refractivity (Wildman–Crippen MR) is 59.9 cm³/mol. The Labute approximate surface area is 92.9 Å². The minimum absolute atomic E-state index is 0.0302. The molecular formula is C10H15N3OS. The molecule has 2 rings (SSSR count). The maximum Gasteiger partial charge on any atom is 0.263 e. The van der Waals surface area contributed by atoms with Gasteiger partial charge in [0.2, 0.25) is 0 Å². The fraction of sp³-hybridized carbons (Fsp3) is 0.600. The zero-order chi connectivity index (χ0) is 10.8. The fourth-order valence-corrected chi connectivity index (χ4v) is 2.33. The lowest BCUT2D eigenvalue weighted by Crippen LogP contribution is -2.41. The van der Waals surface area contributed by atoms with Crippen molar-refractivity contribution < 1.29 is 4.79 Å². The number of amides is 1. The summed E-state index contributed by atoms with van der Waals surface area (Å²) in [5.41, 5.74) is 8.12. The molecule has 1 atom stereocenters. The van der Waals surface area contributed by atoms with Crippen LogP contribution in [0.25, 0.3) is 0 Å². The van der Waals surface area contributed by atoms with Crippen molar-refractivity contribution in [2.24, 2.45) is 11.7 Å². The molecule has 4 nitrogen and oxygen atoms in total. The monoisotopic (exact) mass is 225 g/mol. The van der Waals surface area contributed by atoms with Gasteiger partial charge in [0.15, 0.2) is 0 Å². The van der Waals surface area contributed by atoms with E-state index < -0.39 is 0 Å². The number of aryl methyl sites for hydroxylation is 1. The van der Waals surface area contributed by atoms with Gasteiger partial charge in [-0.25, -0.2) is 4.98 Å². The van der Waals surface area contributed by atoms with E-state index in [0.717, 1.165) is 5.69 Å². The Hall–Kier alpha value is -0.940. The summed E-state index contributed by atoms with van der Waals surface area (Å²) in [7, 11) is 0. The highest BCUT2D eigenvalue weighted by molar-refractivity contribution is 7.11. The van der Waals surface area contributed by atoms with E-state index in [1.165, 1.54) is 24.2 Å². The van der Waals surface area contributed by atoms with Crippen molar-refractivity contribution in [1.29, 1.82) is 0 Å². The Morgan fingerprint density at radius 3 is 3.00 bits per heavy atom. The molecule has 1 aliphatic carbocycles. The van der Waals surface area contributed by atoms with Gasteiger partial charge in [-0.1, -0.05) is 0 Å². The first-order valence-electron chi connectivity index (χ1n) is 5.13. The largest absolute Gasteiger partial charge is 0.347 e. The smallest absolute Gasteiger partial charge is 0.263 e. The Kier molecular flexibility index (Phi) is 3.02. The van der Waals surface area contributed by atoms with Crippen LogP contribution in [0, 0.1) is 12.8 Å². The number of carbonyl (C=O) groups excluding carboxylic acids is 1. The van der Waals surface area contributed by atoms with E-state index in [9.17, 15) is 4.79 Å². The van der Waals surface area contributed by atoms with E-state index in [4.69, 9.17) is 5.73 Å². The molecule has 5 heteroatoms. The molecule has 1 unspecified atom stereocenters. The maximum atomic E-state index is 11.8. The quantitative estimate of drug-likeness (QED) is 0.800. The van der Waals surface area contributed by atoms with Crippen molar-refractivity contribution in [2.75, 3.05) is 6.54 Å². The second kappa shape index (κ2) is 4.28. The SMILES string of the molecule is Cc1ncsc1C(=O)NC(CN)C1CC1. The summed E-state index contributed by atoms with van der Waals surface area (Å²) in [6.07, 6.45) is 2.37. The molecule has 0 bridgehead atoms. The van der Waals surface area contributed by atoms with Crippen LogP contribution in [0.15, 0.2) is 5.51 Å². The number of rotatable bonds is 4. The summed E-state index contributed by atoms with van der Waals surface area (Å²) in [6.45, 7) is 2.37. The van der Waals surface area contributed by atoms with Crippen LogP contribution in [0.4, 0.5) is 0 Å². The van der Waals surface area contributed by atoms with Crippen LogP contribution in [0.3, 0.4) is 0 Å². The van der Waals surface area contributed by atoms with Gasteiger partial charge < -0.3 is 11.1 Å². The first-order valence-corrected chi connectivity index (χ1v) is 6.01. The van der Waals surface area contributed by atoms with Crippen LogP contribution in [0.5, 0.6) is 0 Å². The number of carbonyl (C=O) groups is 1. The standard InChI is InChI=1S/C10H15N3OS/c1-6-9(15-5-12-6)10(14)13-8(4-11)7-2-3-7/h5,7-8H,2-4,11H2,1H3,(H,13,14). The molecule has 0 aromatic carbocycles. The lowest BCUT2D eigenvalue weighted by Gasteiger charge is -2.15. The van der Waals surface area contributed by atoms with Crippen LogP contribution in [0.1, 0.15) is 28.2 Å². The average Bonchev–Trinajstić information content (AvgIpc) is 2.97. The molecule has 0 aliphatic heterocycles. The highest BCUT2D eigenvalue weighted by Gasteiger charge is 2.31. The topological polar surface area (TPSA) is 68.0 Å². The van der Waals surface area contributed by atoms with Gasteiger partial charge in [0.05, 0.1) is 11.2 Å². The second-order valence-corrected chi connectivity index (χ2v) is 4.77.